The molecule has 2 aromatic rings. The van der Waals surface area contributed by atoms with Crippen molar-refractivity contribution in [3.8, 4) is 11.1 Å². The number of ketones is 1. The number of carbonyl (C=O) groups excluding carboxylic acids is 2. The molecular formula is C22H24ClN3O4. The highest BCUT2D eigenvalue weighted by molar-refractivity contribution is 6.33. The Bertz CT molecular complexity index is 1020. The second-order valence-electron chi connectivity index (χ2n) is 7.71. The summed E-state index contributed by atoms with van der Waals surface area (Å²) < 4.78 is 11.1. The zero-order valence-electron chi connectivity index (χ0n) is 17.8. The smallest absolute Gasteiger partial charge is 0.339 e. The number of nitrogens with zero attached hydrogens (tertiary/aromatic N) is 3. The summed E-state index contributed by atoms with van der Waals surface area (Å²) in [5, 5.41) is 0.544. The van der Waals surface area contributed by atoms with Gasteiger partial charge in [0.1, 0.15) is 5.69 Å². The molecule has 2 rings (SSSR count). The Morgan fingerprint density at radius 1 is 1.20 bits per heavy atom. The minimum absolute atomic E-state index is 0.110. The van der Waals surface area contributed by atoms with Crippen LogP contribution in [0.5, 0.6) is 0 Å². The number of hydrogen-bond donors (Lipinski definition) is 0. The molecule has 0 spiro atoms. The maximum Gasteiger partial charge on any atom is 0.339 e. The van der Waals surface area contributed by atoms with Gasteiger partial charge < -0.3 is 15.0 Å². The van der Waals surface area contributed by atoms with Crippen LogP contribution in [0.1, 0.15) is 54.2 Å². The lowest BCUT2D eigenvalue weighted by Crippen LogP contribution is -2.30. The van der Waals surface area contributed by atoms with Crippen LogP contribution >= 0.6 is 11.6 Å². The molecule has 7 nitrogen and oxygen atoms in total. The molecule has 0 saturated heterocycles. The van der Waals surface area contributed by atoms with E-state index in [-0.39, 0.29) is 5.69 Å². The van der Waals surface area contributed by atoms with E-state index in [9.17, 15) is 9.59 Å². The van der Waals surface area contributed by atoms with Gasteiger partial charge in [-0.1, -0.05) is 23.7 Å². The third-order valence-electron chi connectivity index (χ3n) is 4.36. The van der Waals surface area contributed by atoms with Gasteiger partial charge in [0.2, 0.25) is 0 Å². The van der Waals surface area contributed by atoms with Gasteiger partial charge in [-0.3, -0.25) is 4.79 Å². The Labute approximate surface area is 180 Å². The Morgan fingerprint density at radius 2 is 1.80 bits per heavy atom. The summed E-state index contributed by atoms with van der Waals surface area (Å²) in [6.45, 7) is 8.88. The fraction of sp³-hybridized carbons (Fsp3) is 0.364. The molecule has 30 heavy (non-hydrogen) atoms. The van der Waals surface area contributed by atoms with Crippen molar-refractivity contribution >= 4 is 29.6 Å². The molecule has 1 aromatic heterocycles. The number of aryl methyl sites for hydroxylation is 1. The molecule has 0 unspecified atom stereocenters. The normalized spacial score (nSPS) is 12.1. The summed E-state index contributed by atoms with van der Waals surface area (Å²) in [6.07, 6.45) is -0.286. The molecule has 0 bridgehead atoms. The van der Waals surface area contributed by atoms with Gasteiger partial charge in [-0.2, -0.15) is 4.79 Å². The number of halogens is 1. The summed E-state index contributed by atoms with van der Waals surface area (Å²) in [5.41, 5.74) is 11.0. The number of benzene rings is 1. The lowest BCUT2D eigenvalue weighted by molar-refractivity contribution is -0.164. The van der Waals surface area contributed by atoms with Crippen molar-refractivity contribution in [2.45, 2.75) is 46.3 Å². The highest BCUT2D eigenvalue weighted by Gasteiger charge is 2.34. The summed E-state index contributed by atoms with van der Waals surface area (Å²) >= 11 is 6.05. The molecule has 1 heterocycles. The van der Waals surface area contributed by atoms with Crippen molar-refractivity contribution in [1.29, 1.82) is 0 Å². The van der Waals surface area contributed by atoms with Gasteiger partial charge in [-0.25, -0.2) is 9.78 Å². The highest BCUT2D eigenvalue weighted by atomic mass is 35.5. The SMILES string of the molecule is COC(=O)[C@@H](OC(C)(C)C)c1c(C)nc(C(=O)C=[N+]=[N-])c(C)c1-c1ccc(Cl)cc1. The summed E-state index contributed by atoms with van der Waals surface area (Å²) in [7, 11) is 1.29. The van der Waals surface area contributed by atoms with Crippen LogP contribution in [0.3, 0.4) is 0 Å². The zero-order valence-corrected chi connectivity index (χ0v) is 18.6. The first kappa shape index (κ1) is 23.4. The van der Waals surface area contributed by atoms with Crippen LogP contribution in [0.25, 0.3) is 16.7 Å². The second kappa shape index (κ2) is 9.30. The third kappa shape index (κ3) is 5.19. The maximum absolute atomic E-state index is 12.7. The van der Waals surface area contributed by atoms with Crippen molar-refractivity contribution in [3.63, 3.8) is 0 Å². The Hall–Kier alpha value is -2.86. The molecule has 8 heteroatoms. The van der Waals surface area contributed by atoms with Crippen molar-refractivity contribution in [1.82, 2.24) is 4.98 Å². The quantitative estimate of drug-likeness (QED) is 0.220. The van der Waals surface area contributed by atoms with Gasteiger partial charge >= 0.3 is 12.2 Å². The number of methoxy groups -OCH3 is 1. The number of carbonyl (C=O) groups is 2. The van der Waals surface area contributed by atoms with Crippen LogP contribution in [0.15, 0.2) is 24.3 Å². The van der Waals surface area contributed by atoms with Crippen molar-refractivity contribution in [2.24, 2.45) is 0 Å². The zero-order chi connectivity index (χ0) is 22.6. The number of Topliss-reactive ketones (excluding diaryl/α,β-unsaturated/α-hetero) is 1. The van der Waals surface area contributed by atoms with Crippen LogP contribution in [0.2, 0.25) is 5.02 Å². The minimum Gasteiger partial charge on any atom is -0.467 e. The molecule has 1 aromatic carbocycles. The number of hydrogen-bond acceptors (Lipinski definition) is 5. The second-order valence-corrected chi connectivity index (χ2v) is 8.15. The van der Waals surface area contributed by atoms with Crippen LogP contribution < -0.4 is 0 Å². The van der Waals surface area contributed by atoms with E-state index in [2.05, 4.69) is 9.77 Å². The molecule has 1 atom stereocenters. The van der Waals surface area contributed by atoms with Crippen LogP contribution in [-0.4, -0.2) is 40.5 Å². The first-order chi connectivity index (χ1) is 14.0. The van der Waals surface area contributed by atoms with E-state index in [1.165, 1.54) is 7.11 Å². The van der Waals surface area contributed by atoms with Gasteiger partial charge in [0, 0.05) is 16.3 Å². The van der Waals surface area contributed by atoms with Crippen molar-refractivity contribution in [2.75, 3.05) is 7.11 Å². The van der Waals surface area contributed by atoms with Gasteiger partial charge in [0.25, 0.3) is 5.78 Å². The summed E-state index contributed by atoms with van der Waals surface area (Å²) in [5.74, 6) is -1.15. The number of rotatable bonds is 6. The van der Waals surface area contributed by atoms with E-state index in [4.69, 9.17) is 26.6 Å². The molecule has 0 amide bonds. The predicted molar refractivity (Wildman–Crippen MR) is 114 cm³/mol. The van der Waals surface area contributed by atoms with E-state index in [0.717, 1.165) is 11.8 Å². The lowest BCUT2D eigenvalue weighted by Gasteiger charge is -2.29. The van der Waals surface area contributed by atoms with E-state index < -0.39 is 23.5 Å². The van der Waals surface area contributed by atoms with Crippen LogP contribution in [0.4, 0.5) is 0 Å². The molecule has 158 valence electrons. The third-order valence-corrected chi connectivity index (χ3v) is 4.61. The van der Waals surface area contributed by atoms with Crippen molar-refractivity contribution in [3.05, 3.63) is 57.3 Å². The molecule has 0 saturated carbocycles. The van der Waals surface area contributed by atoms with Crippen LogP contribution in [0, 0.1) is 13.8 Å². The standard InChI is InChI=1S/C22H24ClN3O4/c1-12-17(14-7-9-15(23)10-8-14)18(13(2)26-19(12)16(27)11-25-24)20(21(28)29-6)30-22(3,4)5/h7-11,20H,1-6H3/t20-/m0/s1. The van der Waals surface area contributed by atoms with Gasteiger partial charge in [0.15, 0.2) is 6.10 Å². The number of aromatic nitrogens is 1. The van der Waals surface area contributed by atoms with E-state index in [1.807, 2.05) is 20.8 Å². The molecule has 0 N–H and O–H groups in total. The first-order valence-corrected chi connectivity index (χ1v) is 9.62. The largest absolute Gasteiger partial charge is 0.467 e. The molecule has 0 fully saturated rings. The fourth-order valence-corrected chi connectivity index (χ4v) is 3.29. The predicted octanol–water partition coefficient (Wildman–Crippen LogP) is 4.53. The molecule has 0 aliphatic rings. The monoisotopic (exact) mass is 429 g/mol. The summed E-state index contributed by atoms with van der Waals surface area (Å²) in [4.78, 5) is 32.3. The Morgan fingerprint density at radius 3 is 2.30 bits per heavy atom. The van der Waals surface area contributed by atoms with E-state index in [0.29, 0.717) is 27.4 Å². The minimum atomic E-state index is -1.07. The maximum atomic E-state index is 12.7. The average molecular weight is 430 g/mol. The molecule has 0 aliphatic heterocycles. The van der Waals surface area contributed by atoms with Gasteiger partial charge in [-0.15, -0.1) is 0 Å². The Balaban J connectivity index is 2.91. The average Bonchev–Trinajstić information content (AvgIpc) is 2.67. The number of esters is 1. The van der Waals surface area contributed by atoms with Crippen LogP contribution in [-0.2, 0) is 14.3 Å². The molecule has 0 aliphatic carbocycles. The van der Waals surface area contributed by atoms with Gasteiger partial charge in [0.05, 0.1) is 12.7 Å². The first-order valence-electron chi connectivity index (χ1n) is 9.24. The molecule has 0 radical (unpaired) electrons. The van der Waals surface area contributed by atoms with E-state index >= 15 is 0 Å². The summed E-state index contributed by atoms with van der Waals surface area (Å²) in [6, 6.07) is 7.00. The highest BCUT2D eigenvalue weighted by Crippen LogP contribution is 2.38. The topological polar surface area (TPSA) is 102 Å². The lowest BCUT2D eigenvalue weighted by atomic mass is 9.89. The van der Waals surface area contributed by atoms with E-state index in [1.54, 1.807) is 38.1 Å². The molecular weight excluding hydrogens is 406 g/mol. The van der Waals surface area contributed by atoms with Crippen molar-refractivity contribution < 1.29 is 23.9 Å². The Kier molecular flexibility index (Phi) is 7.26. The number of ether oxygens (including phenoxy) is 2. The van der Waals surface area contributed by atoms with Gasteiger partial charge in [-0.05, 0) is 63.4 Å². The number of pyridine rings is 1. The fourth-order valence-electron chi connectivity index (χ4n) is 3.16.